The highest BCUT2D eigenvalue weighted by Crippen LogP contribution is 2.26. The molecule has 3 heteroatoms. The summed E-state index contributed by atoms with van der Waals surface area (Å²) in [6, 6.07) is 14.4. The van der Waals surface area contributed by atoms with Gasteiger partial charge in [-0.1, -0.05) is 56.3 Å². The molecule has 19 heavy (non-hydrogen) atoms. The Balaban J connectivity index is 2.26. The van der Waals surface area contributed by atoms with Crippen molar-refractivity contribution >= 4 is 23.0 Å². The van der Waals surface area contributed by atoms with Crippen molar-refractivity contribution in [2.75, 3.05) is 6.54 Å². The van der Waals surface area contributed by atoms with Crippen LogP contribution in [0.15, 0.2) is 42.5 Å². The van der Waals surface area contributed by atoms with Crippen molar-refractivity contribution in [1.29, 1.82) is 0 Å². The van der Waals surface area contributed by atoms with Gasteiger partial charge in [0.25, 0.3) is 5.91 Å². The van der Waals surface area contributed by atoms with Gasteiger partial charge in [0.2, 0.25) is 6.29 Å². The van der Waals surface area contributed by atoms with Crippen molar-refractivity contribution in [1.82, 2.24) is 5.32 Å². The molecule has 3 nitrogen and oxygen atoms in total. The first-order chi connectivity index (χ1) is 9.03. The minimum absolute atomic E-state index is 0.220. The van der Waals surface area contributed by atoms with Crippen LogP contribution in [0.3, 0.4) is 0 Å². The number of carbonyl (C=O) groups excluding carboxylic acids is 2. The Morgan fingerprint density at radius 3 is 2.53 bits per heavy atom. The maximum atomic E-state index is 11.0. The summed E-state index contributed by atoms with van der Waals surface area (Å²) in [4.78, 5) is 21.3. The Kier molecular flexibility index (Phi) is 3.65. The maximum absolute atomic E-state index is 11.0. The summed E-state index contributed by atoms with van der Waals surface area (Å²) in [5.74, 6) is -0.575. The van der Waals surface area contributed by atoms with Crippen LogP contribution in [0.4, 0.5) is 0 Å². The van der Waals surface area contributed by atoms with Gasteiger partial charge in [0.05, 0.1) is 0 Å². The molecule has 0 saturated carbocycles. The second kappa shape index (κ2) is 5.22. The van der Waals surface area contributed by atoms with Gasteiger partial charge >= 0.3 is 0 Å². The van der Waals surface area contributed by atoms with Crippen LogP contribution in [-0.2, 0) is 15.0 Å². The van der Waals surface area contributed by atoms with Crippen molar-refractivity contribution < 1.29 is 9.59 Å². The Bertz CT molecular complexity index is 617. The normalized spacial score (nSPS) is 11.3. The molecule has 2 aromatic carbocycles. The van der Waals surface area contributed by atoms with Crippen LogP contribution in [0, 0.1) is 0 Å². The number of carbonyl (C=O) groups is 2. The van der Waals surface area contributed by atoms with Crippen LogP contribution in [0.25, 0.3) is 10.8 Å². The third-order valence-electron chi connectivity index (χ3n) is 3.34. The highest BCUT2D eigenvalue weighted by Gasteiger charge is 2.21. The SMILES string of the molecule is CC(C)(CNC(=O)C=O)c1ccc2ccccc2c1. The first-order valence-electron chi connectivity index (χ1n) is 6.25. The summed E-state index contributed by atoms with van der Waals surface area (Å²) in [5, 5.41) is 4.98. The van der Waals surface area contributed by atoms with E-state index in [0.29, 0.717) is 12.8 Å². The molecule has 0 fully saturated rings. The van der Waals surface area contributed by atoms with E-state index in [2.05, 4.69) is 35.6 Å². The highest BCUT2D eigenvalue weighted by atomic mass is 16.2. The zero-order chi connectivity index (χ0) is 13.9. The summed E-state index contributed by atoms with van der Waals surface area (Å²) in [6.45, 7) is 4.52. The molecule has 0 atom stereocenters. The molecule has 0 unspecified atom stereocenters. The summed E-state index contributed by atoms with van der Waals surface area (Å²) in [6.07, 6.45) is 0.302. The minimum atomic E-state index is -0.575. The Labute approximate surface area is 112 Å². The first-order valence-corrected chi connectivity index (χ1v) is 6.25. The van der Waals surface area contributed by atoms with Gasteiger partial charge in [-0.05, 0) is 16.3 Å². The Morgan fingerprint density at radius 1 is 1.16 bits per heavy atom. The summed E-state index contributed by atoms with van der Waals surface area (Å²) in [5.41, 5.74) is 0.917. The van der Waals surface area contributed by atoms with Crippen molar-refractivity contribution in [2.45, 2.75) is 19.3 Å². The molecule has 0 radical (unpaired) electrons. The van der Waals surface area contributed by atoms with Crippen LogP contribution in [0.1, 0.15) is 19.4 Å². The van der Waals surface area contributed by atoms with E-state index in [-0.39, 0.29) is 5.41 Å². The molecule has 1 amide bonds. The smallest absolute Gasteiger partial charge is 0.284 e. The largest absolute Gasteiger partial charge is 0.349 e. The Hall–Kier alpha value is -2.16. The third kappa shape index (κ3) is 2.99. The van der Waals surface area contributed by atoms with E-state index in [1.165, 1.54) is 10.8 Å². The predicted molar refractivity (Wildman–Crippen MR) is 76.0 cm³/mol. The molecule has 0 aromatic heterocycles. The zero-order valence-electron chi connectivity index (χ0n) is 11.1. The van der Waals surface area contributed by atoms with E-state index in [0.717, 1.165) is 5.56 Å². The lowest BCUT2D eigenvalue weighted by Gasteiger charge is -2.25. The predicted octanol–water partition coefficient (Wildman–Crippen LogP) is 2.43. The number of amides is 1. The second-order valence-electron chi connectivity index (χ2n) is 5.28. The maximum Gasteiger partial charge on any atom is 0.284 e. The quantitative estimate of drug-likeness (QED) is 0.673. The molecule has 0 saturated heterocycles. The van der Waals surface area contributed by atoms with Crippen LogP contribution in [-0.4, -0.2) is 18.7 Å². The van der Waals surface area contributed by atoms with Crippen molar-refractivity contribution in [3.63, 3.8) is 0 Å². The molecule has 0 aliphatic rings. The summed E-state index contributed by atoms with van der Waals surface area (Å²) >= 11 is 0. The van der Waals surface area contributed by atoms with Gasteiger partial charge in [-0.2, -0.15) is 0 Å². The van der Waals surface area contributed by atoms with Crippen LogP contribution in [0.5, 0.6) is 0 Å². The molecule has 0 heterocycles. The van der Waals surface area contributed by atoms with Gasteiger partial charge in [0.1, 0.15) is 0 Å². The summed E-state index contributed by atoms with van der Waals surface area (Å²) in [7, 11) is 0. The molecular weight excluding hydrogens is 238 g/mol. The number of nitrogens with one attached hydrogen (secondary N) is 1. The lowest BCUT2D eigenvalue weighted by Crippen LogP contribution is -2.37. The van der Waals surface area contributed by atoms with Crippen LogP contribution >= 0.6 is 0 Å². The molecular formula is C16H17NO2. The highest BCUT2D eigenvalue weighted by molar-refractivity contribution is 6.23. The van der Waals surface area contributed by atoms with Gasteiger partial charge in [-0.25, -0.2) is 0 Å². The van der Waals surface area contributed by atoms with Gasteiger partial charge in [-0.3, -0.25) is 9.59 Å². The van der Waals surface area contributed by atoms with E-state index in [4.69, 9.17) is 0 Å². The van der Waals surface area contributed by atoms with E-state index in [9.17, 15) is 9.59 Å². The number of hydrogen-bond acceptors (Lipinski definition) is 2. The number of rotatable bonds is 4. The lowest BCUT2D eigenvalue weighted by molar-refractivity contribution is -0.131. The first kappa shape index (κ1) is 13.3. The van der Waals surface area contributed by atoms with Gasteiger partial charge < -0.3 is 5.32 Å². The third-order valence-corrected chi connectivity index (χ3v) is 3.34. The van der Waals surface area contributed by atoms with Gasteiger partial charge in [0, 0.05) is 12.0 Å². The molecule has 0 spiro atoms. The van der Waals surface area contributed by atoms with Gasteiger partial charge in [0.15, 0.2) is 0 Å². The van der Waals surface area contributed by atoms with Crippen molar-refractivity contribution in [3.05, 3.63) is 48.0 Å². The van der Waals surface area contributed by atoms with E-state index in [1.54, 1.807) is 0 Å². The van der Waals surface area contributed by atoms with E-state index >= 15 is 0 Å². The number of hydrogen-bond donors (Lipinski definition) is 1. The molecule has 0 bridgehead atoms. The topological polar surface area (TPSA) is 46.2 Å². The average molecular weight is 255 g/mol. The Morgan fingerprint density at radius 2 is 1.84 bits per heavy atom. The monoisotopic (exact) mass is 255 g/mol. The molecule has 2 rings (SSSR count). The van der Waals surface area contributed by atoms with Gasteiger partial charge in [-0.15, -0.1) is 0 Å². The van der Waals surface area contributed by atoms with Crippen LogP contribution in [0.2, 0.25) is 0 Å². The fourth-order valence-corrected chi connectivity index (χ4v) is 2.06. The zero-order valence-corrected chi connectivity index (χ0v) is 11.1. The molecule has 1 N–H and O–H groups in total. The standard InChI is InChI=1S/C16H17NO2/c1-16(2,11-17-15(19)10-18)14-8-7-12-5-3-4-6-13(12)9-14/h3-10H,11H2,1-2H3,(H,17,19). The van der Waals surface area contributed by atoms with Crippen LogP contribution < -0.4 is 5.32 Å². The average Bonchev–Trinajstić information content (AvgIpc) is 2.44. The van der Waals surface area contributed by atoms with Crippen molar-refractivity contribution in [2.24, 2.45) is 0 Å². The number of fused-ring (bicyclic) bond motifs is 1. The number of aldehydes is 1. The molecule has 0 aliphatic heterocycles. The van der Waals surface area contributed by atoms with E-state index in [1.807, 2.05) is 26.0 Å². The fraction of sp³-hybridized carbons (Fsp3) is 0.250. The molecule has 0 aliphatic carbocycles. The minimum Gasteiger partial charge on any atom is -0.349 e. The molecule has 2 aromatic rings. The number of benzene rings is 2. The van der Waals surface area contributed by atoms with Crippen molar-refractivity contribution in [3.8, 4) is 0 Å². The van der Waals surface area contributed by atoms with E-state index < -0.39 is 5.91 Å². The molecule has 98 valence electrons. The second-order valence-corrected chi connectivity index (χ2v) is 5.28. The summed E-state index contributed by atoms with van der Waals surface area (Å²) < 4.78 is 0. The fourth-order valence-electron chi connectivity index (χ4n) is 2.06. The lowest BCUT2D eigenvalue weighted by atomic mass is 9.83.